The Hall–Kier alpha value is -1.26. The van der Waals surface area contributed by atoms with Crippen LogP contribution in [0.2, 0.25) is 5.02 Å². The van der Waals surface area contributed by atoms with Crippen LogP contribution in [0.1, 0.15) is 24.2 Å². The van der Waals surface area contributed by atoms with Gasteiger partial charge < -0.3 is 15.4 Å². The van der Waals surface area contributed by atoms with E-state index in [0.29, 0.717) is 41.3 Å². The first-order valence-electron chi connectivity index (χ1n) is 6.82. The number of rotatable bonds is 3. The Morgan fingerprint density at radius 1 is 1.45 bits per heavy atom. The van der Waals surface area contributed by atoms with Crippen LogP contribution in [0, 0.1) is 11.8 Å². The summed E-state index contributed by atoms with van der Waals surface area (Å²) in [5.41, 5.74) is 6.63. The molecule has 1 aliphatic heterocycles. The third-order valence-corrected chi connectivity index (χ3v) is 4.18. The van der Waals surface area contributed by atoms with Gasteiger partial charge in [0.05, 0.1) is 12.7 Å². The van der Waals surface area contributed by atoms with E-state index >= 15 is 0 Å². The lowest BCUT2D eigenvalue weighted by Crippen LogP contribution is -2.33. The summed E-state index contributed by atoms with van der Waals surface area (Å²) in [4.78, 5) is 14.4. The molecule has 4 nitrogen and oxygen atoms in total. The van der Waals surface area contributed by atoms with Crippen molar-refractivity contribution in [2.45, 2.75) is 19.9 Å². The number of carbonyl (C=O) groups is 1. The molecule has 1 heterocycles. The molecule has 1 fully saturated rings. The Morgan fingerprint density at radius 3 is 2.70 bits per heavy atom. The van der Waals surface area contributed by atoms with Crippen LogP contribution in [0.5, 0.6) is 5.75 Å². The van der Waals surface area contributed by atoms with Crippen LogP contribution >= 0.6 is 11.6 Å². The highest BCUT2D eigenvalue weighted by molar-refractivity contribution is 6.31. The molecule has 2 atom stereocenters. The topological polar surface area (TPSA) is 55.6 Å². The Balaban J connectivity index is 2.23. The molecule has 1 aliphatic rings. The van der Waals surface area contributed by atoms with Gasteiger partial charge in [-0.3, -0.25) is 4.79 Å². The Labute approximate surface area is 124 Å². The van der Waals surface area contributed by atoms with Gasteiger partial charge in [0, 0.05) is 24.2 Å². The number of nitrogens with two attached hydrogens (primary N) is 1. The Kier molecular flexibility index (Phi) is 4.55. The standard InChI is InChI=1S/C15H21ClN2O2/c1-9(2)12-7-18(8-13(12)17)15(19)11-6-10(16)4-5-14(11)20-3/h4-6,9,12-13H,7-8,17H2,1-3H3/t12-,13+/m0/s1. The number of methoxy groups -OCH3 is 1. The highest BCUT2D eigenvalue weighted by atomic mass is 35.5. The van der Waals surface area contributed by atoms with Gasteiger partial charge in [-0.2, -0.15) is 0 Å². The second-order valence-corrected chi connectivity index (χ2v) is 6.06. The number of nitrogens with zero attached hydrogens (tertiary/aromatic N) is 1. The second kappa shape index (κ2) is 6.02. The molecule has 2 N–H and O–H groups in total. The third kappa shape index (κ3) is 2.91. The zero-order valence-corrected chi connectivity index (χ0v) is 12.9. The second-order valence-electron chi connectivity index (χ2n) is 5.63. The fourth-order valence-electron chi connectivity index (χ4n) is 2.74. The highest BCUT2D eigenvalue weighted by Gasteiger charge is 2.35. The molecule has 110 valence electrons. The van der Waals surface area contributed by atoms with Crippen LogP contribution < -0.4 is 10.5 Å². The quantitative estimate of drug-likeness (QED) is 0.932. The summed E-state index contributed by atoms with van der Waals surface area (Å²) in [7, 11) is 1.55. The van der Waals surface area contributed by atoms with Crippen molar-refractivity contribution in [3.8, 4) is 5.75 Å². The van der Waals surface area contributed by atoms with Gasteiger partial charge in [-0.1, -0.05) is 25.4 Å². The van der Waals surface area contributed by atoms with Crippen molar-refractivity contribution in [1.82, 2.24) is 4.90 Å². The number of hydrogen-bond donors (Lipinski definition) is 1. The van der Waals surface area contributed by atoms with Gasteiger partial charge in [0.1, 0.15) is 5.75 Å². The van der Waals surface area contributed by atoms with Crippen LogP contribution in [-0.2, 0) is 0 Å². The summed E-state index contributed by atoms with van der Waals surface area (Å²) in [5, 5.41) is 0.526. The van der Waals surface area contributed by atoms with Crippen molar-refractivity contribution in [2.24, 2.45) is 17.6 Å². The molecule has 1 amide bonds. The van der Waals surface area contributed by atoms with Gasteiger partial charge in [0.15, 0.2) is 0 Å². The molecule has 1 aromatic rings. The molecule has 0 spiro atoms. The molecule has 5 heteroatoms. The number of carbonyl (C=O) groups excluding carboxylic acids is 1. The molecule has 0 unspecified atom stereocenters. The van der Waals surface area contributed by atoms with Crippen LogP contribution in [-0.4, -0.2) is 37.0 Å². The largest absolute Gasteiger partial charge is 0.496 e. The molecular formula is C15H21ClN2O2. The van der Waals surface area contributed by atoms with Crippen LogP contribution in [0.25, 0.3) is 0 Å². The van der Waals surface area contributed by atoms with Crippen LogP contribution in [0.4, 0.5) is 0 Å². The first-order chi connectivity index (χ1) is 9.43. The summed E-state index contributed by atoms with van der Waals surface area (Å²) in [6.45, 7) is 5.54. The molecule has 0 radical (unpaired) electrons. The van der Waals surface area contributed by atoms with E-state index < -0.39 is 0 Å². The molecule has 0 aliphatic carbocycles. The van der Waals surface area contributed by atoms with E-state index in [9.17, 15) is 4.79 Å². The van der Waals surface area contributed by atoms with Crippen molar-refractivity contribution >= 4 is 17.5 Å². The SMILES string of the molecule is COc1ccc(Cl)cc1C(=O)N1C[C@@H](N)[C@H](C(C)C)C1. The highest BCUT2D eigenvalue weighted by Crippen LogP contribution is 2.28. The monoisotopic (exact) mass is 296 g/mol. The number of amides is 1. The molecule has 2 rings (SSSR count). The zero-order chi connectivity index (χ0) is 14.9. The minimum Gasteiger partial charge on any atom is -0.496 e. The predicted octanol–water partition coefficient (Wildman–Crippen LogP) is 2.40. The van der Waals surface area contributed by atoms with Crippen molar-refractivity contribution in [3.05, 3.63) is 28.8 Å². The Bertz CT molecular complexity index is 505. The number of ether oxygens (including phenoxy) is 1. The third-order valence-electron chi connectivity index (χ3n) is 3.95. The lowest BCUT2D eigenvalue weighted by molar-refractivity contribution is 0.0780. The number of hydrogen-bond acceptors (Lipinski definition) is 3. The number of likely N-dealkylation sites (tertiary alicyclic amines) is 1. The van der Waals surface area contributed by atoms with E-state index in [1.165, 1.54) is 0 Å². The van der Waals surface area contributed by atoms with Gasteiger partial charge in [0.25, 0.3) is 5.91 Å². The maximum absolute atomic E-state index is 12.6. The van der Waals surface area contributed by atoms with Crippen LogP contribution in [0.15, 0.2) is 18.2 Å². The normalized spacial score (nSPS) is 22.4. The average Bonchev–Trinajstić information content (AvgIpc) is 2.80. The van der Waals surface area contributed by atoms with E-state index in [-0.39, 0.29) is 11.9 Å². The smallest absolute Gasteiger partial charge is 0.257 e. The molecule has 0 bridgehead atoms. The van der Waals surface area contributed by atoms with E-state index in [2.05, 4.69) is 13.8 Å². The fraction of sp³-hybridized carbons (Fsp3) is 0.533. The van der Waals surface area contributed by atoms with Gasteiger partial charge in [-0.15, -0.1) is 0 Å². The molecule has 1 aromatic carbocycles. The average molecular weight is 297 g/mol. The molecule has 20 heavy (non-hydrogen) atoms. The van der Waals surface area contributed by atoms with E-state index in [0.717, 1.165) is 0 Å². The first-order valence-corrected chi connectivity index (χ1v) is 7.20. The fourth-order valence-corrected chi connectivity index (χ4v) is 2.92. The zero-order valence-electron chi connectivity index (χ0n) is 12.1. The molecule has 0 saturated carbocycles. The maximum Gasteiger partial charge on any atom is 0.257 e. The molecule has 1 saturated heterocycles. The summed E-state index contributed by atoms with van der Waals surface area (Å²) < 4.78 is 5.24. The molecule has 0 aromatic heterocycles. The van der Waals surface area contributed by atoms with Crippen molar-refractivity contribution in [3.63, 3.8) is 0 Å². The van der Waals surface area contributed by atoms with Gasteiger partial charge in [-0.05, 0) is 30.0 Å². The minimum atomic E-state index is -0.0667. The minimum absolute atomic E-state index is 0.0316. The summed E-state index contributed by atoms with van der Waals surface area (Å²) in [5.74, 6) is 1.28. The lowest BCUT2D eigenvalue weighted by atomic mass is 9.92. The number of benzene rings is 1. The van der Waals surface area contributed by atoms with E-state index in [1.807, 2.05) is 0 Å². The first kappa shape index (κ1) is 15.1. The van der Waals surface area contributed by atoms with Crippen molar-refractivity contribution < 1.29 is 9.53 Å². The number of halogens is 1. The van der Waals surface area contributed by atoms with Crippen molar-refractivity contribution in [2.75, 3.05) is 20.2 Å². The van der Waals surface area contributed by atoms with Gasteiger partial charge in [-0.25, -0.2) is 0 Å². The predicted molar refractivity (Wildman–Crippen MR) is 80.2 cm³/mol. The maximum atomic E-state index is 12.6. The summed E-state index contributed by atoms with van der Waals surface area (Å²) in [6.07, 6.45) is 0. The molecular weight excluding hydrogens is 276 g/mol. The summed E-state index contributed by atoms with van der Waals surface area (Å²) >= 11 is 5.98. The van der Waals surface area contributed by atoms with E-state index in [1.54, 1.807) is 30.2 Å². The summed E-state index contributed by atoms with van der Waals surface area (Å²) in [6, 6.07) is 5.11. The van der Waals surface area contributed by atoms with Gasteiger partial charge >= 0.3 is 0 Å². The van der Waals surface area contributed by atoms with Crippen LogP contribution in [0.3, 0.4) is 0 Å². The van der Waals surface area contributed by atoms with E-state index in [4.69, 9.17) is 22.1 Å². The lowest BCUT2D eigenvalue weighted by Gasteiger charge is -2.19. The Morgan fingerprint density at radius 2 is 2.15 bits per heavy atom. The van der Waals surface area contributed by atoms with Gasteiger partial charge in [0.2, 0.25) is 0 Å². The van der Waals surface area contributed by atoms with Crippen molar-refractivity contribution in [1.29, 1.82) is 0 Å².